The van der Waals surface area contributed by atoms with Gasteiger partial charge in [-0.1, -0.05) is 12.1 Å². The maximum atomic E-state index is 5.95. The van der Waals surface area contributed by atoms with E-state index in [4.69, 9.17) is 4.43 Å². The Morgan fingerprint density at radius 3 is 2.28 bits per heavy atom. The van der Waals surface area contributed by atoms with Crippen LogP contribution in [0.25, 0.3) is 0 Å². The van der Waals surface area contributed by atoms with E-state index in [1.807, 2.05) is 0 Å². The molecule has 1 aromatic carbocycles. The first-order valence-electron chi connectivity index (χ1n) is 6.28. The number of halogens is 1. The van der Waals surface area contributed by atoms with Crippen LogP contribution in [0.5, 0.6) is 5.75 Å². The van der Waals surface area contributed by atoms with Gasteiger partial charge in [0.15, 0.2) is 0 Å². The second-order valence-corrected chi connectivity index (χ2v) is 9.92. The average molecular weight is 287 g/mol. The molecule has 1 aromatic rings. The summed E-state index contributed by atoms with van der Waals surface area (Å²) in [5.74, 6) is 0.997. The normalized spacial score (nSPS) is 20.1. The van der Waals surface area contributed by atoms with E-state index in [0.29, 0.717) is 6.04 Å². The predicted molar refractivity (Wildman–Crippen MR) is 81.3 cm³/mol. The molecule has 0 saturated carbocycles. The minimum Gasteiger partial charge on any atom is -0.544 e. The number of rotatable bonds is 3. The summed E-state index contributed by atoms with van der Waals surface area (Å²) < 4.78 is 5.95. The van der Waals surface area contributed by atoms with E-state index in [1.54, 1.807) is 0 Å². The van der Waals surface area contributed by atoms with Crippen LogP contribution in [0.1, 0.15) is 11.6 Å². The van der Waals surface area contributed by atoms with Gasteiger partial charge in [0.1, 0.15) is 5.75 Å². The van der Waals surface area contributed by atoms with Crippen LogP contribution in [-0.2, 0) is 0 Å². The molecule has 3 nitrogen and oxygen atoms in total. The van der Waals surface area contributed by atoms with E-state index < -0.39 is 8.32 Å². The SMILES string of the molecule is C[Si](C)(C)Oc1ccc([C@@H]2CNCCN2)cc1.Cl. The van der Waals surface area contributed by atoms with Crippen LogP contribution in [0.3, 0.4) is 0 Å². The van der Waals surface area contributed by atoms with Gasteiger partial charge in [-0.3, -0.25) is 0 Å². The summed E-state index contributed by atoms with van der Waals surface area (Å²) in [7, 11) is -1.48. The van der Waals surface area contributed by atoms with Gasteiger partial charge in [-0.2, -0.15) is 0 Å². The van der Waals surface area contributed by atoms with Gasteiger partial charge < -0.3 is 15.1 Å². The number of piperazine rings is 1. The monoisotopic (exact) mass is 286 g/mol. The van der Waals surface area contributed by atoms with E-state index in [9.17, 15) is 0 Å². The highest BCUT2D eigenvalue weighted by atomic mass is 35.5. The molecule has 18 heavy (non-hydrogen) atoms. The first-order chi connectivity index (χ1) is 8.04. The number of hydrogen-bond acceptors (Lipinski definition) is 3. The Hall–Kier alpha value is -0.553. The largest absolute Gasteiger partial charge is 0.544 e. The molecule has 2 rings (SSSR count). The van der Waals surface area contributed by atoms with Crippen molar-refractivity contribution in [2.24, 2.45) is 0 Å². The minimum absolute atomic E-state index is 0. The summed E-state index contributed by atoms with van der Waals surface area (Å²) in [4.78, 5) is 0. The van der Waals surface area contributed by atoms with E-state index in [-0.39, 0.29) is 12.4 Å². The molecule has 1 fully saturated rings. The van der Waals surface area contributed by atoms with Gasteiger partial charge >= 0.3 is 0 Å². The van der Waals surface area contributed by atoms with Crippen LogP contribution in [0.15, 0.2) is 24.3 Å². The Labute approximate surface area is 117 Å². The van der Waals surface area contributed by atoms with Gasteiger partial charge in [0.05, 0.1) is 0 Å². The lowest BCUT2D eigenvalue weighted by Gasteiger charge is -2.25. The molecule has 0 bridgehead atoms. The van der Waals surface area contributed by atoms with Gasteiger partial charge in [0, 0.05) is 25.7 Å². The average Bonchev–Trinajstić information content (AvgIpc) is 2.29. The standard InChI is InChI=1S/C13H22N2OSi.ClH/c1-17(2,3)16-12-6-4-11(5-7-12)13-10-14-8-9-15-13;/h4-7,13-15H,8-10H2,1-3H3;1H/t13-;/m0./s1. The van der Waals surface area contributed by atoms with Crippen LogP contribution >= 0.6 is 12.4 Å². The molecule has 1 aliphatic heterocycles. The Morgan fingerprint density at radius 1 is 1.11 bits per heavy atom. The van der Waals surface area contributed by atoms with Gasteiger partial charge in [-0.25, -0.2) is 0 Å². The summed E-state index contributed by atoms with van der Waals surface area (Å²) in [6.45, 7) is 9.72. The van der Waals surface area contributed by atoms with E-state index in [0.717, 1.165) is 25.4 Å². The smallest absolute Gasteiger partial charge is 0.242 e. The summed E-state index contributed by atoms with van der Waals surface area (Å²) in [6, 6.07) is 8.94. The zero-order valence-corrected chi connectivity index (χ0v) is 13.1. The molecule has 102 valence electrons. The number of hydrogen-bond donors (Lipinski definition) is 2. The van der Waals surface area contributed by atoms with Crippen LogP contribution < -0.4 is 15.1 Å². The summed E-state index contributed by atoms with van der Waals surface area (Å²) in [5, 5.41) is 6.91. The van der Waals surface area contributed by atoms with E-state index in [2.05, 4.69) is 54.5 Å². The second kappa shape index (κ2) is 6.57. The van der Waals surface area contributed by atoms with Crippen molar-refractivity contribution in [1.29, 1.82) is 0 Å². The molecule has 0 aliphatic carbocycles. The van der Waals surface area contributed by atoms with Gasteiger partial charge in [0.2, 0.25) is 8.32 Å². The highest BCUT2D eigenvalue weighted by Crippen LogP contribution is 2.20. The Kier molecular flexibility index (Phi) is 5.66. The van der Waals surface area contributed by atoms with Crippen LogP contribution in [0.2, 0.25) is 19.6 Å². The zero-order chi connectivity index (χ0) is 12.3. The molecular formula is C13H23ClN2OSi. The maximum absolute atomic E-state index is 5.95. The molecule has 0 spiro atoms. The second-order valence-electron chi connectivity index (χ2n) is 5.49. The van der Waals surface area contributed by atoms with Crippen LogP contribution in [0, 0.1) is 0 Å². The van der Waals surface area contributed by atoms with E-state index in [1.165, 1.54) is 5.56 Å². The van der Waals surface area contributed by atoms with Crippen molar-refractivity contribution in [2.75, 3.05) is 19.6 Å². The first-order valence-corrected chi connectivity index (χ1v) is 9.68. The molecular weight excluding hydrogens is 264 g/mol. The van der Waals surface area contributed by atoms with Crippen molar-refractivity contribution in [3.63, 3.8) is 0 Å². The maximum Gasteiger partial charge on any atom is 0.242 e. The third-order valence-electron chi connectivity index (χ3n) is 2.75. The van der Waals surface area contributed by atoms with Gasteiger partial charge in [-0.05, 0) is 37.3 Å². The van der Waals surface area contributed by atoms with Crippen LogP contribution in [0.4, 0.5) is 0 Å². The predicted octanol–water partition coefficient (Wildman–Crippen LogP) is 2.56. The lowest BCUT2D eigenvalue weighted by Crippen LogP contribution is -2.42. The van der Waals surface area contributed by atoms with Crippen molar-refractivity contribution in [3.05, 3.63) is 29.8 Å². The van der Waals surface area contributed by atoms with E-state index >= 15 is 0 Å². The van der Waals surface area contributed by atoms with Gasteiger partial charge in [-0.15, -0.1) is 12.4 Å². The fraction of sp³-hybridized carbons (Fsp3) is 0.538. The van der Waals surface area contributed by atoms with Crippen molar-refractivity contribution >= 4 is 20.7 Å². The van der Waals surface area contributed by atoms with Crippen LogP contribution in [-0.4, -0.2) is 28.0 Å². The van der Waals surface area contributed by atoms with Gasteiger partial charge in [0.25, 0.3) is 0 Å². The molecule has 0 unspecified atom stereocenters. The lowest BCUT2D eigenvalue weighted by molar-refractivity contribution is 0.430. The Bertz CT molecular complexity index is 358. The molecule has 1 atom stereocenters. The lowest BCUT2D eigenvalue weighted by atomic mass is 10.1. The highest BCUT2D eigenvalue weighted by molar-refractivity contribution is 6.70. The minimum atomic E-state index is -1.48. The van der Waals surface area contributed by atoms with Crippen molar-refractivity contribution < 1.29 is 4.43 Å². The Morgan fingerprint density at radius 2 is 1.78 bits per heavy atom. The molecule has 0 radical (unpaired) electrons. The molecule has 5 heteroatoms. The fourth-order valence-electron chi connectivity index (χ4n) is 2.01. The quantitative estimate of drug-likeness (QED) is 0.838. The summed E-state index contributed by atoms with van der Waals surface area (Å²) in [5.41, 5.74) is 1.33. The highest BCUT2D eigenvalue weighted by Gasteiger charge is 2.17. The molecule has 0 amide bonds. The number of nitrogens with one attached hydrogen (secondary N) is 2. The molecule has 0 aromatic heterocycles. The summed E-state index contributed by atoms with van der Waals surface area (Å²) >= 11 is 0. The molecule has 1 heterocycles. The zero-order valence-electron chi connectivity index (χ0n) is 11.3. The van der Waals surface area contributed by atoms with Crippen molar-refractivity contribution in [2.45, 2.75) is 25.7 Å². The summed E-state index contributed by atoms with van der Waals surface area (Å²) in [6.07, 6.45) is 0. The first kappa shape index (κ1) is 15.5. The third-order valence-corrected chi connectivity index (χ3v) is 3.60. The topological polar surface area (TPSA) is 33.3 Å². The Balaban J connectivity index is 0.00000162. The fourth-order valence-corrected chi connectivity index (χ4v) is 2.85. The molecule has 1 saturated heterocycles. The number of benzene rings is 1. The molecule has 1 aliphatic rings. The van der Waals surface area contributed by atoms with Crippen molar-refractivity contribution in [3.8, 4) is 5.75 Å². The van der Waals surface area contributed by atoms with Crippen molar-refractivity contribution in [1.82, 2.24) is 10.6 Å². The molecule has 2 N–H and O–H groups in total. The third kappa shape index (κ3) is 4.61.